The second-order valence-corrected chi connectivity index (χ2v) is 4.12. The maximum Gasteiger partial charge on any atom is 0.377 e. The van der Waals surface area contributed by atoms with Crippen LogP contribution in [-0.2, 0) is 4.79 Å². The number of Topliss-reactive ketones (excluding diaryl/α,β-unsaturated/α-hetero) is 1. The van der Waals surface area contributed by atoms with Gasteiger partial charge in [-0.3, -0.25) is 4.79 Å². The molecule has 0 unspecified atom stereocenters. The van der Waals surface area contributed by atoms with Crippen LogP contribution in [-0.4, -0.2) is 22.0 Å². The number of carbonyl (C=O) groups excluding carboxylic acids is 1. The summed E-state index contributed by atoms with van der Waals surface area (Å²) in [5.74, 6) is -3.15. The van der Waals surface area contributed by atoms with Gasteiger partial charge in [0.15, 0.2) is 0 Å². The first-order chi connectivity index (χ1) is 7.34. The van der Waals surface area contributed by atoms with E-state index in [1.54, 1.807) is 13.8 Å². The van der Waals surface area contributed by atoms with Crippen molar-refractivity contribution in [1.82, 2.24) is 0 Å². The van der Waals surface area contributed by atoms with Gasteiger partial charge in [-0.2, -0.15) is 0 Å². The summed E-state index contributed by atoms with van der Waals surface area (Å²) in [7, 11) is 0. The van der Waals surface area contributed by atoms with E-state index >= 15 is 0 Å². The number of benzene rings is 1. The van der Waals surface area contributed by atoms with Crippen molar-refractivity contribution < 1.29 is 19.8 Å². The van der Waals surface area contributed by atoms with Crippen LogP contribution in [0.4, 0.5) is 0 Å². The Kier molecular flexibility index (Phi) is 3.55. The molecule has 2 N–H and O–H groups in total. The largest absolute Gasteiger partial charge is 0.507 e. The van der Waals surface area contributed by atoms with Crippen LogP contribution in [0.3, 0.4) is 0 Å². The van der Waals surface area contributed by atoms with Crippen molar-refractivity contribution in [2.45, 2.75) is 19.8 Å². The number of carboxylic acid groups (broad SMARTS) is 1. The molecule has 0 aliphatic carbocycles. The summed E-state index contributed by atoms with van der Waals surface area (Å²) in [5, 5.41) is 18.6. The fourth-order valence-electron chi connectivity index (χ4n) is 1.35. The molecule has 5 heteroatoms. The number of hydrogen-bond donors (Lipinski definition) is 2. The Hall–Kier alpha value is -1.55. The van der Waals surface area contributed by atoms with Crippen LogP contribution in [0.5, 0.6) is 5.75 Å². The van der Waals surface area contributed by atoms with Crippen LogP contribution in [0.25, 0.3) is 0 Å². The molecule has 0 amide bonds. The van der Waals surface area contributed by atoms with E-state index in [4.69, 9.17) is 16.7 Å². The van der Waals surface area contributed by atoms with Crippen molar-refractivity contribution in [3.05, 3.63) is 28.3 Å². The van der Waals surface area contributed by atoms with E-state index in [2.05, 4.69) is 0 Å². The average Bonchev–Trinajstić information content (AvgIpc) is 2.19. The first-order valence-electron chi connectivity index (χ1n) is 4.64. The van der Waals surface area contributed by atoms with Gasteiger partial charge < -0.3 is 10.2 Å². The van der Waals surface area contributed by atoms with Gasteiger partial charge in [0.05, 0.1) is 5.56 Å². The Labute approximate surface area is 97.5 Å². The quantitative estimate of drug-likeness (QED) is 0.631. The highest BCUT2D eigenvalue weighted by atomic mass is 35.5. The lowest BCUT2D eigenvalue weighted by molar-refractivity contribution is -0.131. The lowest BCUT2D eigenvalue weighted by Gasteiger charge is -2.11. The maximum absolute atomic E-state index is 11.3. The van der Waals surface area contributed by atoms with Crippen LogP contribution >= 0.6 is 11.6 Å². The van der Waals surface area contributed by atoms with Gasteiger partial charge in [0, 0.05) is 5.02 Å². The van der Waals surface area contributed by atoms with E-state index in [1.165, 1.54) is 6.07 Å². The van der Waals surface area contributed by atoms with Crippen molar-refractivity contribution in [2.75, 3.05) is 0 Å². The SMILES string of the molecule is CC(C)c1cc(Cl)cc(C(=O)C(=O)O)c1O. The predicted molar refractivity (Wildman–Crippen MR) is 59.2 cm³/mol. The van der Waals surface area contributed by atoms with Gasteiger partial charge in [-0.25, -0.2) is 4.79 Å². The lowest BCUT2D eigenvalue weighted by Crippen LogP contribution is -2.13. The third kappa shape index (κ3) is 2.33. The van der Waals surface area contributed by atoms with Crippen molar-refractivity contribution >= 4 is 23.4 Å². The zero-order chi connectivity index (χ0) is 12.5. The third-order valence-electron chi connectivity index (χ3n) is 2.17. The molecule has 0 bridgehead atoms. The molecule has 0 saturated heterocycles. The summed E-state index contributed by atoms with van der Waals surface area (Å²) in [6.07, 6.45) is 0. The molecule has 16 heavy (non-hydrogen) atoms. The summed E-state index contributed by atoms with van der Waals surface area (Å²) < 4.78 is 0. The number of phenolic OH excluding ortho intramolecular Hbond substituents is 1. The Morgan fingerprint density at radius 1 is 1.31 bits per heavy atom. The zero-order valence-corrected chi connectivity index (χ0v) is 9.58. The summed E-state index contributed by atoms with van der Waals surface area (Å²) >= 11 is 5.76. The van der Waals surface area contributed by atoms with Gasteiger partial charge in [-0.1, -0.05) is 25.4 Å². The van der Waals surface area contributed by atoms with E-state index in [9.17, 15) is 14.7 Å². The smallest absolute Gasteiger partial charge is 0.377 e. The van der Waals surface area contributed by atoms with Crippen LogP contribution in [0.2, 0.25) is 5.02 Å². The molecule has 0 heterocycles. The summed E-state index contributed by atoms with van der Waals surface area (Å²) in [5.41, 5.74) is 0.181. The van der Waals surface area contributed by atoms with Crippen molar-refractivity contribution in [3.8, 4) is 5.75 Å². The van der Waals surface area contributed by atoms with E-state index in [-0.39, 0.29) is 22.3 Å². The molecule has 0 aromatic heterocycles. The Balaban J connectivity index is 3.41. The summed E-state index contributed by atoms with van der Waals surface area (Å²) in [4.78, 5) is 21.8. The molecular weight excluding hydrogens is 232 g/mol. The number of carbonyl (C=O) groups is 2. The first-order valence-corrected chi connectivity index (χ1v) is 5.02. The topological polar surface area (TPSA) is 74.6 Å². The molecule has 1 aromatic rings. The Morgan fingerprint density at radius 3 is 2.31 bits per heavy atom. The van der Waals surface area contributed by atoms with Gasteiger partial charge in [-0.05, 0) is 23.6 Å². The van der Waals surface area contributed by atoms with Gasteiger partial charge in [-0.15, -0.1) is 0 Å². The summed E-state index contributed by atoms with van der Waals surface area (Å²) in [6.45, 7) is 3.61. The minimum Gasteiger partial charge on any atom is -0.507 e. The molecule has 1 rings (SSSR count). The number of aliphatic carboxylic acids is 1. The molecule has 1 aromatic carbocycles. The second-order valence-electron chi connectivity index (χ2n) is 3.68. The molecule has 0 saturated carbocycles. The normalized spacial score (nSPS) is 10.5. The molecule has 0 atom stereocenters. The van der Waals surface area contributed by atoms with Crippen LogP contribution in [0, 0.1) is 0 Å². The minimum atomic E-state index is -1.62. The maximum atomic E-state index is 11.3. The number of rotatable bonds is 3. The molecule has 4 nitrogen and oxygen atoms in total. The highest BCUT2D eigenvalue weighted by Crippen LogP contribution is 2.32. The number of ketones is 1. The number of aromatic hydroxyl groups is 1. The fourth-order valence-corrected chi connectivity index (χ4v) is 1.58. The number of halogens is 1. The molecule has 86 valence electrons. The minimum absolute atomic E-state index is 0.0564. The van der Waals surface area contributed by atoms with Crippen LogP contribution in [0.15, 0.2) is 12.1 Å². The number of hydrogen-bond acceptors (Lipinski definition) is 3. The third-order valence-corrected chi connectivity index (χ3v) is 2.38. The molecule has 0 spiro atoms. The molecule has 0 aliphatic heterocycles. The average molecular weight is 243 g/mol. The van der Waals surface area contributed by atoms with Gasteiger partial charge in [0.25, 0.3) is 5.78 Å². The van der Waals surface area contributed by atoms with Gasteiger partial charge >= 0.3 is 5.97 Å². The van der Waals surface area contributed by atoms with E-state index in [0.717, 1.165) is 6.07 Å². The zero-order valence-electron chi connectivity index (χ0n) is 8.82. The van der Waals surface area contributed by atoms with E-state index < -0.39 is 11.8 Å². The molecule has 0 fully saturated rings. The highest BCUT2D eigenvalue weighted by molar-refractivity contribution is 6.41. The lowest BCUT2D eigenvalue weighted by atomic mass is 9.97. The summed E-state index contributed by atoms with van der Waals surface area (Å²) in [6, 6.07) is 2.67. The second kappa shape index (κ2) is 4.53. The molecular formula is C11H11ClO4. The molecule has 0 radical (unpaired) electrons. The first kappa shape index (κ1) is 12.5. The van der Waals surface area contributed by atoms with Crippen molar-refractivity contribution in [2.24, 2.45) is 0 Å². The fraction of sp³-hybridized carbons (Fsp3) is 0.273. The predicted octanol–water partition coefficient (Wildman–Crippen LogP) is 2.44. The van der Waals surface area contributed by atoms with Crippen molar-refractivity contribution in [1.29, 1.82) is 0 Å². The van der Waals surface area contributed by atoms with E-state index in [0.29, 0.717) is 5.56 Å². The monoisotopic (exact) mass is 242 g/mol. The van der Waals surface area contributed by atoms with Crippen LogP contribution in [0.1, 0.15) is 35.7 Å². The van der Waals surface area contributed by atoms with E-state index in [1.807, 2.05) is 0 Å². The number of phenols is 1. The standard InChI is InChI=1S/C11H11ClO4/c1-5(2)7-3-6(12)4-8(9(7)13)10(14)11(15)16/h3-5,13H,1-2H3,(H,15,16). The van der Waals surface area contributed by atoms with Crippen LogP contribution < -0.4 is 0 Å². The molecule has 0 aliphatic rings. The van der Waals surface area contributed by atoms with Gasteiger partial charge in [0.2, 0.25) is 0 Å². The Bertz CT molecular complexity index is 452. The van der Waals surface area contributed by atoms with Gasteiger partial charge in [0.1, 0.15) is 5.75 Å². The number of carboxylic acids is 1. The Morgan fingerprint density at radius 2 is 1.88 bits per heavy atom. The highest BCUT2D eigenvalue weighted by Gasteiger charge is 2.22. The van der Waals surface area contributed by atoms with Crippen molar-refractivity contribution in [3.63, 3.8) is 0 Å².